The zero-order valence-electron chi connectivity index (χ0n) is 39.0. The van der Waals surface area contributed by atoms with Crippen molar-refractivity contribution in [3.8, 4) is 11.1 Å². The predicted octanol–water partition coefficient (Wildman–Crippen LogP) is 15.8. The lowest BCUT2D eigenvalue weighted by molar-refractivity contribution is 0.769. The van der Waals surface area contributed by atoms with Crippen LogP contribution in [0.15, 0.2) is 206 Å². The molecule has 320 valence electrons. The fraction of sp³-hybridized carbons (Fsp3) is 0.148. The zero-order chi connectivity index (χ0) is 45.1. The van der Waals surface area contributed by atoms with Gasteiger partial charge < -0.3 is 9.80 Å². The van der Waals surface area contributed by atoms with Crippen LogP contribution in [0.3, 0.4) is 0 Å². The average Bonchev–Trinajstić information content (AvgIpc) is 3.60. The van der Waals surface area contributed by atoms with Gasteiger partial charge in [0.05, 0.1) is 27.3 Å². The van der Waals surface area contributed by atoms with Gasteiger partial charge in [0.25, 0.3) is 0 Å². The smallest absolute Gasteiger partial charge is 0.0775 e. The van der Waals surface area contributed by atoms with Crippen molar-refractivity contribution in [2.75, 3.05) is 9.80 Å². The van der Waals surface area contributed by atoms with Gasteiger partial charge in [-0.25, -0.2) is 0 Å². The molecule has 0 spiro atoms. The first kappa shape index (κ1) is 42.2. The summed E-state index contributed by atoms with van der Waals surface area (Å²) in [6.45, 7) is 18.9. The van der Waals surface area contributed by atoms with Crippen LogP contribution in [0.2, 0.25) is 39.3 Å². The molecule has 0 bridgehead atoms. The molecule has 0 saturated heterocycles. The molecule has 4 heteroatoms. The molecule has 9 aromatic rings. The molecule has 0 heterocycles. The third-order valence-corrected chi connectivity index (χ3v) is 17.6. The fourth-order valence-corrected chi connectivity index (χ4v) is 12.6. The number of fused-ring (bicyclic) bond motifs is 5. The first-order valence-corrected chi connectivity index (χ1v) is 30.1. The minimum Gasteiger partial charge on any atom is -0.310 e. The molecule has 0 saturated carbocycles. The van der Waals surface area contributed by atoms with Crippen molar-refractivity contribution < 1.29 is 0 Å². The van der Waals surface area contributed by atoms with Crippen LogP contribution in [0, 0.1) is 13.8 Å². The number of anilines is 6. The van der Waals surface area contributed by atoms with Gasteiger partial charge >= 0.3 is 0 Å². The van der Waals surface area contributed by atoms with Crippen LogP contribution in [0.1, 0.15) is 33.4 Å². The van der Waals surface area contributed by atoms with E-state index in [2.05, 4.69) is 269 Å². The highest BCUT2D eigenvalue weighted by molar-refractivity contribution is 6.89. The van der Waals surface area contributed by atoms with E-state index in [-0.39, 0.29) is 0 Å². The lowest BCUT2D eigenvalue weighted by atomic mass is 9.67. The highest BCUT2D eigenvalue weighted by Gasteiger charge is 2.48. The van der Waals surface area contributed by atoms with Gasteiger partial charge in [-0.3, -0.25) is 0 Å². The Morgan fingerprint density at radius 3 is 1.31 bits per heavy atom. The second-order valence-electron chi connectivity index (χ2n) is 20.0. The zero-order valence-corrected chi connectivity index (χ0v) is 41.0. The molecule has 0 aliphatic heterocycles. The Balaban J connectivity index is 1.30. The van der Waals surface area contributed by atoms with Crippen molar-refractivity contribution in [3.63, 3.8) is 0 Å². The van der Waals surface area contributed by atoms with Crippen LogP contribution in [0.25, 0.3) is 21.9 Å². The molecular weight excluding hydrogens is 817 g/mol. The molecule has 0 unspecified atom stereocenters. The maximum absolute atomic E-state index is 2.54. The van der Waals surface area contributed by atoms with Crippen molar-refractivity contribution in [1.82, 2.24) is 0 Å². The molecule has 65 heavy (non-hydrogen) atoms. The summed E-state index contributed by atoms with van der Waals surface area (Å²) in [7, 11) is -3.05. The highest BCUT2D eigenvalue weighted by atomic mass is 28.3. The topological polar surface area (TPSA) is 6.48 Å². The molecule has 0 aromatic heterocycles. The van der Waals surface area contributed by atoms with Crippen LogP contribution in [0.4, 0.5) is 34.1 Å². The average molecular weight is 875 g/mol. The first-order valence-electron chi connectivity index (χ1n) is 23.1. The van der Waals surface area contributed by atoms with E-state index in [0.717, 1.165) is 28.4 Å². The van der Waals surface area contributed by atoms with Gasteiger partial charge in [-0.2, -0.15) is 0 Å². The number of rotatable bonds is 10. The Morgan fingerprint density at radius 2 is 0.800 bits per heavy atom. The Bertz CT molecular complexity index is 3140. The summed E-state index contributed by atoms with van der Waals surface area (Å²) in [5.74, 6) is 0. The van der Waals surface area contributed by atoms with E-state index in [0.29, 0.717) is 0 Å². The highest BCUT2D eigenvalue weighted by Crippen LogP contribution is 2.60. The summed E-state index contributed by atoms with van der Waals surface area (Å²) in [6.07, 6.45) is 0. The van der Waals surface area contributed by atoms with Crippen LogP contribution < -0.4 is 20.2 Å². The van der Waals surface area contributed by atoms with E-state index in [1.807, 2.05) is 0 Å². The Hall–Kier alpha value is -6.73. The Kier molecular flexibility index (Phi) is 10.6. The third-order valence-electron chi connectivity index (χ3n) is 13.5. The summed E-state index contributed by atoms with van der Waals surface area (Å²) in [6, 6.07) is 78.1. The molecule has 10 rings (SSSR count). The van der Waals surface area contributed by atoms with Gasteiger partial charge in [0.15, 0.2) is 0 Å². The van der Waals surface area contributed by atoms with Crippen molar-refractivity contribution in [3.05, 3.63) is 240 Å². The molecule has 0 amide bonds. The second kappa shape index (κ2) is 16.4. The van der Waals surface area contributed by atoms with Gasteiger partial charge in [-0.1, -0.05) is 189 Å². The van der Waals surface area contributed by atoms with Gasteiger partial charge in [0, 0.05) is 33.8 Å². The number of hydrogen-bond donors (Lipinski definition) is 0. The maximum atomic E-state index is 2.54. The minimum atomic E-state index is -1.54. The molecule has 0 atom stereocenters. The van der Waals surface area contributed by atoms with E-state index in [4.69, 9.17) is 0 Å². The lowest BCUT2D eigenvalue weighted by Gasteiger charge is -2.36. The van der Waals surface area contributed by atoms with Crippen molar-refractivity contribution in [1.29, 1.82) is 0 Å². The normalized spacial score (nSPS) is 13.0. The van der Waals surface area contributed by atoms with Crippen LogP contribution in [-0.4, -0.2) is 16.1 Å². The van der Waals surface area contributed by atoms with Gasteiger partial charge in [0.1, 0.15) is 0 Å². The van der Waals surface area contributed by atoms with Crippen molar-refractivity contribution in [2.45, 2.75) is 58.5 Å². The van der Waals surface area contributed by atoms with E-state index >= 15 is 0 Å². The van der Waals surface area contributed by atoms with Crippen LogP contribution in [0.5, 0.6) is 0 Å². The molecule has 0 radical (unpaired) electrons. The molecule has 0 N–H and O–H groups in total. The van der Waals surface area contributed by atoms with E-state index < -0.39 is 21.6 Å². The molecule has 9 aromatic carbocycles. The molecule has 1 aliphatic rings. The SMILES string of the molecule is Cc1cccc(N(c2ccc([Si](C)(C)C)cc2)c2ccc3c(c2)C(c2ccccc2)(c2ccccc2)c2cc(N(c4ccc([Si](C)(C)C)cc4)c4cccc(C)c4)c4ccccc4c2-3)c1. The fourth-order valence-electron chi connectivity index (χ4n) is 10.3. The van der Waals surface area contributed by atoms with Crippen LogP contribution >= 0.6 is 0 Å². The minimum absolute atomic E-state index is 0.651. The second-order valence-corrected chi connectivity index (χ2v) is 30.2. The maximum Gasteiger partial charge on any atom is 0.0775 e. The lowest BCUT2D eigenvalue weighted by Crippen LogP contribution is -2.37. The predicted molar refractivity (Wildman–Crippen MR) is 286 cm³/mol. The Morgan fingerprint density at radius 1 is 0.354 bits per heavy atom. The summed E-state index contributed by atoms with van der Waals surface area (Å²) in [5, 5.41) is 5.38. The number of benzene rings is 9. The summed E-state index contributed by atoms with van der Waals surface area (Å²) in [5.41, 5.74) is 16.3. The summed E-state index contributed by atoms with van der Waals surface area (Å²) >= 11 is 0. The standard InChI is InChI=1S/C61H58N2Si2/c1-43-19-17-25-49(39-43)62(47-29-34-52(35-30-47)64(3,4)5)51-33-38-56-57(41-51)61(45-21-11-9-12-22-45,46-23-13-10-14-24-46)58-42-59(54-27-15-16-28-55(54)60(56)58)63(50-26-18-20-44(2)40-50)48-31-36-53(37-32-48)65(6,7)8/h9-42H,1-8H3. The quantitative estimate of drug-likeness (QED) is 0.126. The number of nitrogens with zero attached hydrogens (tertiary/aromatic N) is 2. The van der Waals surface area contributed by atoms with Crippen LogP contribution in [-0.2, 0) is 5.41 Å². The summed E-state index contributed by atoms with van der Waals surface area (Å²) < 4.78 is 0. The van der Waals surface area contributed by atoms with Gasteiger partial charge in [-0.15, -0.1) is 0 Å². The molecule has 0 fully saturated rings. The van der Waals surface area contributed by atoms with Crippen molar-refractivity contribution in [2.24, 2.45) is 0 Å². The number of hydrogen-bond acceptors (Lipinski definition) is 2. The molecule has 1 aliphatic carbocycles. The molecule has 2 nitrogen and oxygen atoms in total. The summed E-state index contributed by atoms with van der Waals surface area (Å²) in [4.78, 5) is 4.96. The molecular formula is C61H58N2Si2. The van der Waals surface area contributed by atoms with Gasteiger partial charge in [-0.05, 0) is 130 Å². The van der Waals surface area contributed by atoms with E-state index in [1.54, 1.807) is 0 Å². The van der Waals surface area contributed by atoms with E-state index in [9.17, 15) is 0 Å². The van der Waals surface area contributed by atoms with Gasteiger partial charge in [0.2, 0.25) is 0 Å². The van der Waals surface area contributed by atoms with Crippen molar-refractivity contribution >= 4 is 71.4 Å². The largest absolute Gasteiger partial charge is 0.310 e. The van der Waals surface area contributed by atoms with E-state index in [1.165, 1.54) is 71.3 Å². The first-order chi connectivity index (χ1) is 31.3. The monoisotopic (exact) mass is 874 g/mol. The number of aryl methyl sites for hydroxylation is 2. The Labute approximate surface area is 388 Å². The third kappa shape index (κ3) is 7.45.